The summed E-state index contributed by atoms with van der Waals surface area (Å²) in [5.74, 6) is -0.245. The molecule has 0 unspecified atom stereocenters. The van der Waals surface area contributed by atoms with Crippen LogP contribution in [-0.4, -0.2) is 4.98 Å². The van der Waals surface area contributed by atoms with Gasteiger partial charge in [0, 0.05) is 5.69 Å². The molecule has 3 aromatic rings. The number of thiazole rings is 1. The lowest BCUT2D eigenvalue weighted by Gasteiger charge is -2.05. The summed E-state index contributed by atoms with van der Waals surface area (Å²) in [5.41, 5.74) is 3.93. The summed E-state index contributed by atoms with van der Waals surface area (Å²) in [6, 6.07) is 10.9. The molecule has 0 saturated carbocycles. The van der Waals surface area contributed by atoms with Gasteiger partial charge in [-0.05, 0) is 49.2 Å². The van der Waals surface area contributed by atoms with Gasteiger partial charge in [-0.25, -0.2) is 9.37 Å². The van der Waals surface area contributed by atoms with Crippen LogP contribution in [0.15, 0.2) is 36.4 Å². The van der Waals surface area contributed by atoms with E-state index in [1.54, 1.807) is 17.4 Å². The highest BCUT2D eigenvalue weighted by Gasteiger charge is 2.06. The molecule has 2 aromatic carbocycles. The van der Waals surface area contributed by atoms with Crippen molar-refractivity contribution in [3.8, 4) is 0 Å². The number of aryl methyl sites for hydroxylation is 2. The maximum Gasteiger partial charge on any atom is 0.188 e. The van der Waals surface area contributed by atoms with Gasteiger partial charge in [-0.2, -0.15) is 0 Å². The smallest absolute Gasteiger partial charge is 0.188 e. The summed E-state index contributed by atoms with van der Waals surface area (Å²) in [4.78, 5) is 4.50. The van der Waals surface area contributed by atoms with Crippen LogP contribution >= 0.6 is 11.3 Å². The van der Waals surface area contributed by atoms with Gasteiger partial charge in [0.05, 0.1) is 10.2 Å². The lowest BCUT2D eigenvalue weighted by atomic mass is 10.2. The first kappa shape index (κ1) is 12.1. The molecule has 1 heterocycles. The molecule has 1 aromatic heterocycles. The molecule has 0 aliphatic rings. The van der Waals surface area contributed by atoms with Crippen LogP contribution in [-0.2, 0) is 0 Å². The zero-order valence-electron chi connectivity index (χ0n) is 10.7. The van der Waals surface area contributed by atoms with Crippen molar-refractivity contribution in [2.45, 2.75) is 13.8 Å². The molecule has 1 N–H and O–H groups in total. The third-order valence-corrected chi connectivity index (χ3v) is 3.92. The van der Waals surface area contributed by atoms with E-state index in [1.807, 2.05) is 19.1 Å². The highest BCUT2D eigenvalue weighted by Crippen LogP contribution is 2.30. The molecule has 3 rings (SSSR count). The summed E-state index contributed by atoms with van der Waals surface area (Å²) >= 11 is 1.58. The molecule has 0 aliphatic heterocycles. The Bertz CT molecular complexity index is 749. The van der Waals surface area contributed by atoms with E-state index in [0.717, 1.165) is 26.6 Å². The second-order valence-electron chi connectivity index (χ2n) is 4.57. The second-order valence-corrected chi connectivity index (χ2v) is 5.61. The predicted molar refractivity (Wildman–Crippen MR) is 78.8 cm³/mol. The lowest BCUT2D eigenvalue weighted by molar-refractivity contribution is 0.628. The molecular weight excluding hydrogens is 259 g/mol. The molecule has 0 fully saturated rings. The van der Waals surface area contributed by atoms with E-state index in [4.69, 9.17) is 0 Å². The van der Waals surface area contributed by atoms with Gasteiger partial charge < -0.3 is 5.32 Å². The van der Waals surface area contributed by atoms with Crippen molar-refractivity contribution in [2.75, 3.05) is 5.32 Å². The number of hydrogen-bond acceptors (Lipinski definition) is 3. The van der Waals surface area contributed by atoms with Crippen molar-refractivity contribution < 1.29 is 4.39 Å². The number of hydrogen-bond donors (Lipinski definition) is 1. The van der Waals surface area contributed by atoms with Gasteiger partial charge in [-0.3, -0.25) is 0 Å². The molecule has 96 valence electrons. The number of nitrogens with zero attached hydrogens (tertiary/aromatic N) is 1. The number of nitrogens with one attached hydrogen (secondary N) is 1. The highest BCUT2D eigenvalue weighted by atomic mass is 32.1. The normalized spacial score (nSPS) is 10.9. The van der Waals surface area contributed by atoms with Crippen molar-refractivity contribution in [3.05, 3.63) is 53.3 Å². The Morgan fingerprint density at radius 2 is 1.95 bits per heavy atom. The average molecular weight is 272 g/mol. The molecule has 19 heavy (non-hydrogen) atoms. The summed E-state index contributed by atoms with van der Waals surface area (Å²) in [6.45, 7) is 4.00. The largest absolute Gasteiger partial charge is 0.331 e. The Morgan fingerprint density at radius 1 is 1.11 bits per heavy atom. The third kappa shape index (κ3) is 2.44. The van der Waals surface area contributed by atoms with E-state index < -0.39 is 0 Å². The fourth-order valence-electron chi connectivity index (χ4n) is 1.93. The van der Waals surface area contributed by atoms with Crippen LogP contribution in [0.2, 0.25) is 0 Å². The van der Waals surface area contributed by atoms with Crippen molar-refractivity contribution in [1.29, 1.82) is 0 Å². The second kappa shape index (κ2) is 4.63. The third-order valence-electron chi connectivity index (χ3n) is 2.99. The molecule has 0 amide bonds. The Balaban J connectivity index is 1.98. The predicted octanol–water partition coefficient (Wildman–Crippen LogP) is 4.80. The number of fused-ring (bicyclic) bond motifs is 1. The fraction of sp³-hybridized carbons (Fsp3) is 0.133. The number of aromatic nitrogens is 1. The molecule has 2 nitrogen and oxygen atoms in total. The number of halogens is 1. The minimum absolute atomic E-state index is 0.245. The number of anilines is 2. The zero-order valence-corrected chi connectivity index (χ0v) is 11.5. The van der Waals surface area contributed by atoms with Crippen LogP contribution in [0.3, 0.4) is 0 Å². The first-order chi connectivity index (χ1) is 9.11. The summed E-state index contributed by atoms with van der Waals surface area (Å²) in [5, 5.41) is 3.98. The minimum atomic E-state index is -0.245. The first-order valence-corrected chi connectivity index (χ1v) is 6.84. The topological polar surface area (TPSA) is 24.9 Å². The summed E-state index contributed by atoms with van der Waals surface area (Å²) < 4.78 is 14.4. The van der Waals surface area contributed by atoms with E-state index in [9.17, 15) is 4.39 Å². The van der Waals surface area contributed by atoms with Crippen LogP contribution in [0.4, 0.5) is 15.2 Å². The van der Waals surface area contributed by atoms with E-state index in [2.05, 4.69) is 23.3 Å². The zero-order chi connectivity index (χ0) is 13.4. The Labute approximate surface area is 114 Å². The molecule has 0 bridgehead atoms. The quantitative estimate of drug-likeness (QED) is 0.725. The molecule has 0 saturated heterocycles. The number of rotatable bonds is 2. The fourth-order valence-corrected chi connectivity index (χ4v) is 2.91. The van der Waals surface area contributed by atoms with Crippen LogP contribution in [0.1, 0.15) is 11.1 Å². The van der Waals surface area contributed by atoms with Gasteiger partial charge in [0.2, 0.25) is 0 Å². The van der Waals surface area contributed by atoms with Gasteiger partial charge in [0.25, 0.3) is 0 Å². The molecule has 0 atom stereocenters. The van der Waals surface area contributed by atoms with Crippen LogP contribution in [0.5, 0.6) is 0 Å². The average Bonchev–Trinajstić information content (AvgIpc) is 2.75. The van der Waals surface area contributed by atoms with Crippen molar-refractivity contribution >= 4 is 32.4 Å². The van der Waals surface area contributed by atoms with E-state index >= 15 is 0 Å². The SMILES string of the molecule is Cc1ccc2nc(Nc3cc(F)ccc3C)sc2c1. The van der Waals surface area contributed by atoms with E-state index in [0.29, 0.717) is 0 Å². The van der Waals surface area contributed by atoms with Gasteiger partial charge >= 0.3 is 0 Å². The molecule has 0 aliphatic carbocycles. The maximum absolute atomic E-state index is 13.3. The van der Waals surface area contributed by atoms with Crippen molar-refractivity contribution in [2.24, 2.45) is 0 Å². The standard InChI is InChI=1S/C15H13FN2S/c1-9-3-6-12-14(7-9)19-15(17-12)18-13-8-11(16)5-4-10(13)2/h3-8H,1-2H3,(H,17,18). The number of benzene rings is 2. The minimum Gasteiger partial charge on any atom is -0.331 e. The molecular formula is C15H13FN2S. The Hall–Kier alpha value is -1.94. The van der Waals surface area contributed by atoms with Crippen LogP contribution in [0, 0.1) is 19.7 Å². The van der Waals surface area contributed by atoms with Gasteiger partial charge in [-0.15, -0.1) is 0 Å². The van der Waals surface area contributed by atoms with Crippen molar-refractivity contribution in [3.63, 3.8) is 0 Å². The van der Waals surface area contributed by atoms with E-state index in [1.165, 1.54) is 17.7 Å². The molecule has 4 heteroatoms. The Morgan fingerprint density at radius 3 is 2.79 bits per heavy atom. The monoisotopic (exact) mass is 272 g/mol. The van der Waals surface area contributed by atoms with Crippen LogP contribution < -0.4 is 5.32 Å². The summed E-state index contributed by atoms with van der Waals surface area (Å²) in [6.07, 6.45) is 0. The Kier molecular flexibility index (Phi) is 2.95. The van der Waals surface area contributed by atoms with E-state index in [-0.39, 0.29) is 5.82 Å². The highest BCUT2D eigenvalue weighted by molar-refractivity contribution is 7.22. The van der Waals surface area contributed by atoms with Gasteiger partial charge in [0.15, 0.2) is 5.13 Å². The maximum atomic E-state index is 13.3. The molecule has 0 spiro atoms. The summed E-state index contributed by atoms with van der Waals surface area (Å²) in [7, 11) is 0. The van der Waals surface area contributed by atoms with Crippen LogP contribution in [0.25, 0.3) is 10.2 Å². The van der Waals surface area contributed by atoms with Gasteiger partial charge in [0.1, 0.15) is 5.82 Å². The van der Waals surface area contributed by atoms with Crippen molar-refractivity contribution in [1.82, 2.24) is 4.98 Å². The first-order valence-electron chi connectivity index (χ1n) is 6.02. The molecule has 0 radical (unpaired) electrons. The van der Waals surface area contributed by atoms with Gasteiger partial charge in [-0.1, -0.05) is 23.5 Å². The lowest BCUT2D eigenvalue weighted by Crippen LogP contribution is -1.93.